The molecule has 1 fully saturated rings. The van der Waals surface area contributed by atoms with E-state index in [-0.39, 0.29) is 5.91 Å². The molecule has 1 aromatic rings. The van der Waals surface area contributed by atoms with Gasteiger partial charge in [0.1, 0.15) is 0 Å². The maximum Gasteiger partial charge on any atom is 0.228 e. The molecule has 0 atom stereocenters. The third-order valence-corrected chi connectivity index (χ3v) is 2.90. The van der Waals surface area contributed by atoms with E-state index >= 15 is 0 Å². The van der Waals surface area contributed by atoms with Crippen LogP contribution in [0.3, 0.4) is 0 Å². The molecule has 0 aromatic heterocycles. The summed E-state index contributed by atoms with van der Waals surface area (Å²) in [6, 6.07) is 3.74. The van der Waals surface area contributed by atoms with Gasteiger partial charge in [-0.15, -0.1) is 0 Å². The number of hydrogen-bond acceptors (Lipinski definition) is 4. The lowest BCUT2D eigenvalue weighted by Gasteiger charge is -2.19. The number of nitrogens with two attached hydrogens (primary N) is 1. The highest BCUT2D eigenvalue weighted by molar-refractivity contribution is 6.00. The number of nitrogens with zero attached hydrogens (tertiary/aromatic N) is 1. The predicted octanol–water partition coefficient (Wildman–Crippen LogP) is 0.905. The van der Waals surface area contributed by atoms with Crippen molar-refractivity contribution in [1.29, 1.82) is 0 Å². The van der Waals surface area contributed by atoms with Gasteiger partial charge in [-0.3, -0.25) is 14.7 Å². The fourth-order valence-electron chi connectivity index (χ4n) is 2.14. The molecule has 5 heteroatoms. The smallest absolute Gasteiger partial charge is 0.228 e. The molecule has 1 amide bonds. The highest BCUT2D eigenvalue weighted by Gasteiger charge is 2.23. The lowest BCUT2D eigenvalue weighted by atomic mass is 10.1. The van der Waals surface area contributed by atoms with E-state index in [9.17, 15) is 4.79 Å². The highest BCUT2D eigenvalue weighted by Crippen LogP contribution is 2.34. The number of nitrogens with one attached hydrogen (secondary N) is 1. The molecule has 1 saturated heterocycles. The van der Waals surface area contributed by atoms with Gasteiger partial charge in [0.05, 0.1) is 24.4 Å². The molecule has 0 bridgehead atoms. The molecule has 0 saturated carbocycles. The second-order valence-electron chi connectivity index (χ2n) is 4.08. The Balaban J connectivity index is 2.00. The van der Waals surface area contributed by atoms with Crippen LogP contribution in [0.4, 0.5) is 17.1 Å². The fraction of sp³-hybridized carbons (Fsp3) is 0.364. The van der Waals surface area contributed by atoms with Crippen LogP contribution in [0.1, 0.15) is 12.0 Å². The molecule has 1 aromatic carbocycles. The van der Waals surface area contributed by atoms with Crippen molar-refractivity contribution >= 4 is 23.0 Å². The van der Waals surface area contributed by atoms with E-state index in [1.807, 2.05) is 12.1 Å². The zero-order valence-electron chi connectivity index (χ0n) is 8.82. The minimum absolute atomic E-state index is 0.0221. The molecular weight excluding hydrogens is 206 g/mol. The Morgan fingerprint density at radius 3 is 3.06 bits per heavy atom. The first-order valence-corrected chi connectivity index (χ1v) is 5.37. The second-order valence-corrected chi connectivity index (χ2v) is 4.08. The van der Waals surface area contributed by atoms with E-state index in [0.29, 0.717) is 12.1 Å². The summed E-state index contributed by atoms with van der Waals surface area (Å²) in [7, 11) is 0. The molecule has 0 radical (unpaired) electrons. The third kappa shape index (κ3) is 1.40. The molecule has 5 nitrogen and oxygen atoms in total. The number of hydrogen-bond donors (Lipinski definition) is 2. The highest BCUT2D eigenvalue weighted by atomic mass is 16.7. The zero-order valence-corrected chi connectivity index (χ0v) is 8.82. The fourth-order valence-corrected chi connectivity index (χ4v) is 2.14. The molecule has 0 spiro atoms. The van der Waals surface area contributed by atoms with E-state index in [0.717, 1.165) is 36.5 Å². The van der Waals surface area contributed by atoms with E-state index in [1.165, 1.54) is 0 Å². The minimum Gasteiger partial charge on any atom is -0.397 e. The summed E-state index contributed by atoms with van der Waals surface area (Å²) in [6.45, 7) is 1.57. The monoisotopic (exact) mass is 219 g/mol. The molecule has 0 aliphatic carbocycles. The van der Waals surface area contributed by atoms with Gasteiger partial charge >= 0.3 is 0 Å². The molecule has 84 valence electrons. The summed E-state index contributed by atoms with van der Waals surface area (Å²) in [5.74, 6) is 0.0221. The van der Waals surface area contributed by atoms with Crippen molar-refractivity contribution in [3.63, 3.8) is 0 Å². The summed E-state index contributed by atoms with van der Waals surface area (Å²) < 4.78 is 0. The van der Waals surface area contributed by atoms with E-state index < -0.39 is 0 Å². The number of anilines is 3. The second kappa shape index (κ2) is 3.38. The van der Waals surface area contributed by atoms with Gasteiger partial charge in [0.2, 0.25) is 5.91 Å². The normalized spacial score (nSPS) is 18.8. The van der Waals surface area contributed by atoms with Crippen molar-refractivity contribution in [1.82, 2.24) is 0 Å². The summed E-state index contributed by atoms with van der Waals surface area (Å²) in [5.41, 5.74) is 9.28. The summed E-state index contributed by atoms with van der Waals surface area (Å²) in [5, 5.41) is 4.60. The Morgan fingerprint density at radius 2 is 2.31 bits per heavy atom. The number of carbonyl (C=O) groups is 1. The van der Waals surface area contributed by atoms with Gasteiger partial charge in [0.15, 0.2) is 0 Å². The summed E-state index contributed by atoms with van der Waals surface area (Å²) in [6.07, 6.45) is 1.42. The maximum absolute atomic E-state index is 11.2. The van der Waals surface area contributed by atoms with Crippen LogP contribution >= 0.6 is 0 Å². The van der Waals surface area contributed by atoms with Gasteiger partial charge in [0, 0.05) is 12.2 Å². The standard InChI is InChI=1S/C11H13N3O2/c12-8-4-7-5-11(15)13-9(7)6-10(8)14-2-1-3-16-14/h4,6H,1-3,5,12H2,(H,13,15). The SMILES string of the molecule is Nc1cc2c(cc1N1CCCO1)NC(=O)C2. The largest absolute Gasteiger partial charge is 0.397 e. The summed E-state index contributed by atoms with van der Waals surface area (Å²) in [4.78, 5) is 16.7. The van der Waals surface area contributed by atoms with Crippen molar-refractivity contribution < 1.29 is 9.63 Å². The van der Waals surface area contributed by atoms with Crippen LogP contribution < -0.4 is 16.1 Å². The van der Waals surface area contributed by atoms with Gasteiger partial charge < -0.3 is 11.1 Å². The number of rotatable bonds is 1. The quantitative estimate of drug-likeness (QED) is 0.689. The molecule has 16 heavy (non-hydrogen) atoms. The van der Waals surface area contributed by atoms with Crippen LogP contribution in [0.15, 0.2) is 12.1 Å². The van der Waals surface area contributed by atoms with Gasteiger partial charge in [-0.25, -0.2) is 0 Å². The first kappa shape index (κ1) is 9.47. The third-order valence-electron chi connectivity index (χ3n) is 2.90. The number of carbonyl (C=O) groups excluding carboxylic acids is 1. The molecular formula is C11H13N3O2. The van der Waals surface area contributed by atoms with Gasteiger partial charge in [-0.2, -0.15) is 0 Å². The Bertz CT molecular complexity index is 453. The van der Waals surface area contributed by atoms with Crippen LogP contribution in [-0.4, -0.2) is 19.1 Å². The first-order valence-electron chi connectivity index (χ1n) is 5.37. The topological polar surface area (TPSA) is 67.6 Å². The predicted molar refractivity (Wildman–Crippen MR) is 61.1 cm³/mol. The number of benzene rings is 1. The van der Waals surface area contributed by atoms with Gasteiger partial charge in [-0.1, -0.05) is 0 Å². The van der Waals surface area contributed by atoms with E-state index in [1.54, 1.807) is 5.06 Å². The van der Waals surface area contributed by atoms with Crippen molar-refractivity contribution in [2.24, 2.45) is 0 Å². The number of hydroxylamine groups is 1. The van der Waals surface area contributed by atoms with Crippen molar-refractivity contribution in [2.45, 2.75) is 12.8 Å². The van der Waals surface area contributed by atoms with Crippen LogP contribution in [-0.2, 0) is 16.1 Å². The Morgan fingerprint density at radius 1 is 1.44 bits per heavy atom. The van der Waals surface area contributed by atoms with Crippen LogP contribution in [0.5, 0.6) is 0 Å². The van der Waals surface area contributed by atoms with Crippen LogP contribution in [0.2, 0.25) is 0 Å². The molecule has 0 unspecified atom stereocenters. The molecule has 2 aliphatic rings. The number of fused-ring (bicyclic) bond motifs is 1. The molecule has 2 aliphatic heterocycles. The molecule has 2 heterocycles. The van der Waals surface area contributed by atoms with E-state index in [2.05, 4.69) is 5.32 Å². The molecule has 3 rings (SSSR count). The van der Waals surface area contributed by atoms with Gasteiger partial charge in [-0.05, 0) is 24.1 Å². The first-order chi connectivity index (χ1) is 7.74. The lowest BCUT2D eigenvalue weighted by molar-refractivity contribution is -0.115. The Hall–Kier alpha value is -1.75. The van der Waals surface area contributed by atoms with Crippen LogP contribution in [0, 0.1) is 0 Å². The maximum atomic E-state index is 11.2. The van der Waals surface area contributed by atoms with Crippen molar-refractivity contribution in [3.05, 3.63) is 17.7 Å². The van der Waals surface area contributed by atoms with Crippen molar-refractivity contribution in [2.75, 3.05) is 29.3 Å². The van der Waals surface area contributed by atoms with Gasteiger partial charge in [0.25, 0.3) is 0 Å². The zero-order chi connectivity index (χ0) is 11.1. The lowest BCUT2D eigenvalue weighted by Crippen LogP contribution is -2.17. The van der Waals surface area contributed by atoms with Crippen molar-refractivity contribution in [3.8, 4) is 0 Å². The minimum atomic E-state index is 0.0221. The average Bonchev–Trinajstić information content (AvgIpc) is 2.83. The Labute approximate surface area is 93.1 Å². The molecule has 3 N–H and O–H groups in total. The summed E-state index contributed by atoms with van der Waals surface area (Å²) >= 11 is 0. The average molecular weight is 219 g/mol. The van der Waals surface area contributed by atoms with E-state index in [4.69, 9.17) is 10.6 Å². The number of nitrogen functional groups attached to an aromatic ring is 1. The Kier molecular flexibility index (Phi) is 2.00. The number of amides is 1. The van der Waals surface area contributed by atoms with Crippen LogP contribution in [0.25, 0.3) is 0 Å².